The fourth-order valence-electron chi connectivity index (χ4n) is 2.73. The molecule has 1 heterocycles. The minimum Gasteiger partial charge on any atom is -0.293 e. The van der Waals surface area contributed by atoms with Crippen molar-refractivity contribution >= 4 is 28.7 Å². The average Bonchev–Trinajstić information content (AvgIpc) is 2.58. The summed E-state index contributed by atoms with van der Waals surface area (Å²) in [5, 5.41) is 0. The first-order chi connectivity index (χ1) is 7.92. The van der Waals surface area contributed by atoms with E-state index in [-0.39, 0.29) is 11.3 Å². The summed E-state index contributed by atoms with van der Waals surface area (Å²) in [4.78, 5) is 13.4. The maximum Gasteiger partial charge on any atom is 0.176 e. The minimum atomic E-state index is 0.139. The quantitative estimate of drug-likeness (QED) is 0.683. The Labute approximate surface area is 112 Å². The van der Waals surface area contributed by atoms with Gasteiger partial charge in [0.2, 0.25) is 0 Å². The number of hydrogen-bond acceptors (Lipinski definition) is 2. The molecule has 1 aliphatic rings. The maximum atomic E-state index is 12.5. The second kappa shape index (κ2) is 4.74. The Balaban J connectivity index is 2.24. The van der Waals surface area contributed by atoms with Gasteiger partial charge in [-0.3, -0.25) is 4.79 Å². The van der Waals surface area contributed by atoms with Crippen LogP contribution in [0.15, 0.2) is 6.07 Å². The lowest BCUT2D eigenvalue weighted by molar-refractivity contribution is 0.0702. The van der Waals surface area contributed by atoms with Crippen LogP contribution in [0.3, 0.4) is 0 Å². The summed E-state index contributed by atoms with van der Waals surface area (Å²) in [5.74, 6) is 0.472. The molecular weight excluding hydrogens is 252 g/mol. The molecule has 1 aromatic heterocycles. The number of aryl methyl sites for hydroxylation is 1. The van der Waals surface area contributed by atoms with Crippen LogP contribution in [-0.4, -0.2) is 5.78 Å². The first kappa shape index (κ1) is 13.1. The molecule has 0 aromatic carbocycles. The number of Topliss-reactive ketones (excluding diaryl/α,β-unsaturated/α-hetero) is 1. The van der Waals surface area contributed by atoms with Crippen LogP contribution < -0.4 is 0 Å². The van der Waals surface area contributed by atoms with Crippen LogP contribution in [0.2, 0.25) is 4.34 Å². The monoisotopic (exact) mass is 270 g/mol. The Morgan fingerprint density at radius 2 is 2.18 bits per heavy atom. The lowest BCUT2D eigenvalue weighted by atomic mass is 9.67. The molecule has 0 radical (unpaired) electrons. The predicted octanol–water partition coefficient (Wildman–Crippen LogP) is 5.11. The highest BCUT2D eigenvalue weighted by atomic mass is 35.5. The number of thiophene rings is 1. The van der Waals surface area contributed by atoms with Gasteiger partial charge < -0.3 is 0 Å². The molecule has 0 aliphatic heterocycles. The summed E-state index contributed by atoms with van der Waals surface area (Å²) in [6.07, 6.45) is 4.61. The number of carbonyl (C=O) groups excluding carboxylic acids is 1. The Morgan fingerprint density at radius 1 is 1.47 bits per heavy atom. The molecule has 0 amide bonds. The molecule has 0 saturated heterocycles. The number of carbonyl (C=O) groups is 1. The second-order valence-corrected chi connectivity index (χ2v) is 7.37. The zero-order valence-electron chi connectivity index (χ0n) is 10.7. The zero-order valence-corrected chi connectivity index (χ0v) is 12.3. The topological polar surface area (TPSA) is 17.1 Å². The van der Waals surface area contributed by atoms with Gasteiger partial charge in [-0.05, 0) is 36.8 Å². The molecule has 17 heavy (non-hydrogen) atoms. The highest BCUT2D eigenvalue weighted by molar-refractivity contribution is 7.18. The number of ketones is 1. The van der Waals surface area contributed by atoms with Crippen LogP contribution in [0.5, 0.6) is 0 Å². The SMILES string of the molecule is Cc1cc(C(=O)C2CCCCC2(C)C)sc1Cl. The van der Waals surface area contributed by atoms with Crippen molar-refractivity contribution in [3.8, 4) is 0 Å². The van der Waals surface area contributed by atoms with E-state index in [2.05, 4.69) is 13.8 Å². The van der Waals surface area contributed by atoms with Gasteiger partial charge in [-0.2, -0.15) is 0 Å². The van der Waals surface area contributed by atoms with Gasteiger partial charge in [0, 0.05) is 5.92 Å². The maximum absolute atomic E-state index is 12.5. The van der Waals surface area contributed by atoms with Gasteiger partial charge in [0.05, 0.1) is 9.21 Å². The molecule has 0 N–H and O–H groups in total. The van der Waals surface area contributed by atoms with Gasteiger partial charge in [0.1, 0.15) is 0 Å². The summed E-state index contributed by atoms with van der Waals surface area (Å²) < 4.78 is 0.752. The van der Waals surface area contributed by atoms with Crippen molar-refractivity contribution in [2.24, 2.45) is 11.3 Å². The molecule has 1 nitrogen and oxygen atoms in total. The molecule has 1 saturated carbocycles. The van der Waals surface area contributed by atoms with Crippen molar-refractivity contribution < 1.29 is 4.79 Å². The third kappa shape index (κ3) is 2.58. The molecule has 3 heteroatoms. The van der Waals surface area contributed by atoms with E-state index in [1.54, 1.807) is 0 Å². The van der Waals surface area contributed by atoms with Crippen molar-refractivity contribution in [1.82, 2.24) is 0 Å². The third-order valence-corrected chi connectivity index (χ3v) is 5.49. The summed E-state index contributed by atoms with van der Waals surface area (Å²) in [6, 6.07) is 1.94. The van der Waals surface area contributed by atoms with Crippen LogP contribution in [0.4, 0.5) is 0 Å². The Morgan fingerprint density at radius 3 is 2.71 bits per heavy atom. The van der Waals surface area contributed by atoms with Crippen molar-refractivity contribution in [1.29, 1.82) is 0 Å². The number of rotatable bonds is 2. The third-order valence-electron chi connectivity index (χ3n) is 3.92. The summed E-state index contributed by atoms with van der Waals surface area (Å²) >= 11 is 7.48. The lowest BCUT2D eigenvalue weighted by Gasteiger charge is -2.37. The van der Waals surface area contributed by atoms with Crippen LogP contribution >= 0.6 is 22.9 Å². The minimum absolute atomic E-state index is 0.139. The van der Waals surface area contributed by atoms with Crippen molar-refractivity contribution in [2.75, 3.05) is 0 Å². The molecule has 94 valence electrons. The molecule has 0 spiro atoms. The predicted molar refractivity (Wildman–Crippen MR) is 74.1 cm³/mol. The fraction of sp³-hybridized carbons (Fsp3) is 0.643. The van der Waals surface area contributed by atoms with Gasteiger partial charge in [0.25, 0.3) is 0 Å². The van der Waals surface area contributed by atoms with Gasteiger partial charge >= 0.3 is 0 Å². The molecule has 1 unspecified atom stereocenters. The molecule has 1 fully saturated rings. The largest absolute Gasteiger partial charge is 0.293 e. The Bertz CT molecular complexity index is 414. The van der Waals surface area contributed by atoms with Crippen LogP contribution in [0.1, 0.15) is 54.8 Å². The van der Waals surface area contributed by atoms with Gasteiger partial charge in [-0.25, -0.2) is 0 Å². The van der Waals surface area contributed by atoms with E-state index in [9.17, 15) is 4.79 Å². The molecular formula is C14H19ClOS. The number of hydrogen-bond donors (Lipinski definition) is 0. The van der Waals surface area contributed by atoms with Gasteiger partial charge in [-0.15, -0.1) is 11.3 Å². The lowest BCUT2D eigenvalue weighted by Crippen LogP contribution is -2.33. The fourth-order valence-corrected chi connectivity index (χ4v) is 3.93. The van der Waals surface area contributed by atoms with Crippen molar-refractivity contribution in [3.05, 3.63) is 20.8 Å². The normalized spacial score (nSPS) is 23.6. The zero-order chi connectivity index (χ0) is 12.6. The number of halogens is 1. The van der Waals surface area contributed by atoms with Gasteiger partial charge in [0.15, 0.2) is 5.78 Å². The van der Waals surface area contributed by atoms with E-state index in [4.69, 9.17) is 11.6 Å². The summed E-state index contributed by atoms with van der Waals surface area (Å²) in [7, 11) is 0. The summed E-state index contributed by atoms with van der Waals surface area (Å²) in [5.41, 5.74) is 1.16. The Hall–Kier alpha value is -0.340. The molecule has 2 rings (SSSR count). The smallest absolute Gasteiger partial charge is 0.176 e. The van der Waals surface area contributed by atoms with E-state index in [0.29, 0.717) is 5.78 Å². The molecule has 1 atom stereocenters. The van der Waals surface area contributed by atoms with Gasteiger partial charge in [-0.1, -0.05) is 38.3 Å². The molecule has 1 aliphatic carbocycles. The molecule has 0 bridgehead atoms. The average molecular weight is 271 g/mol. The van der Waals surface area contributed by atoms with Crippen LogP contribution in [0, 0.1) is 18.3 Å². The van der Waals surface area contributed by atoms with E-state index in [0.717, 1.165) is 27.6 Å². The van der Waals surface area contributed by atoms with E-state index in [1.807, 2.05) is 13.0 Å². The van der Waals surface area contributed by atoms with Crippen molar-refractivity contribution in [2.45, 2.75) is 46.5 Å². The highest BCUT2D eigenvalue weighted by Gasteiger charge is 2.37. The Kier molecular flexibility index (Phi) is 3.65. The highest BCUT2D eigenvalue weighted by Crippen LogP contribution is 2.43. The first-order valence-electron chi connectivity index (χ1n) is 6.22. The molecule has 1 aromatic rings. The van der Waals surface area contributed by atoms with Crippen molar-refractivity contribution in [3.63, 3.8) is 0 Å². The first-order valence-corrected chi connectivity index (χ1v) is 7.41. The summed E-state index contributed by atoms with van der Waals surface area (Å²) in [6.45, 7) is 6.40. The standard InChI is InChI=1S/C14H19ClOS/c1-9-8-11(17-13(9)15)12(16)10-6-4-5-7-14(10,2)3/h8,10H,4-7H2,1-3H3. The van der Waals surface area contributed by atoms with E-state index >= 15 is 0 Å². The van der Waals surface area contributed by atoms with E-state index < -0.39 is 0 Å². The van der Waals surface area contributed by atoms with Crippen LogP contribution in [0.25, 0.3) is 0 Å². The van der Waals surface area contributed by atoms with E-state index in [1.165, 1.54) is 24.2 Å². The van der Waals surface area contributed by atoms with Crippen LogP contribution in [-0.2, 0) is 0 Å². The second-order valence-electron chi connectivity index (χ2n) is 5.72.